The summed E-state index contributed by atoms with van der Waals surface area (Å²) in [6.07, 6.45) is 3.87. The van der Waals surface area contributed by atoms with Gasteiger partial charge in [-0.2, -0.15) is 0 Å². The quantitative estimate of drug-likeness (QED) is 0.685. The lowest BCUT2D eigenvalue weighted by Gasteiger charge is -2.39. The highest BCUT2D eigenvalue weighted by Gasteiger charge is 2.32. The average Bonchev–Trinajstić information content (AvgIpc) is 2.11. The van der Waals surface area contributed by atoms with Crippen molar-refractivity contribution < 1.29 is 9.53 Å². The second-order valence-electron chi connectivity index (χ2n) is 4.52. The molecule has 0 bridgehead atoms. The second-order valence-corrected chi connectivity index (χ2v) is 4.52. The first-order chi connectivity index (χ1) is 6.57. The van der Waals surface area contributed by atoms with Crippen molar-refractivity contribution in [1.29, 1.82) is 0 Å². The standard InChI is InChI=1S/C11H21NO2/c1-4-14-10(13)9(2)12-8-11(3)6-5-7-11/h9,12H,4-8H2,1-3H3. The van der Waals surface area contributed by atoms with Crippen molar-refractivity contribution in [3.63, 3.8) is 0 Å². The van der Waals surface area contributed by atoms with E-state index in [1.54, 1.807) is 0 Å². The molecule has 0 aromatic rings. The molecule has 0 spiro atoms. The van der Waals surface area contributed by atoms with Gasteiger partial charge in [0.1, 0.15) is 6.04 Å². The summed E-state index contributed by atoms with van der Waals surface area (Å²) in [4.78, 5) is 11.3. The van der Waals surface area contributed by atoms with E-state index in [1.165, 1.54) is 19.3 Å². The first kappa shape index (κ1) is 11.5. The zero-order chi connectivity index (χ0) is 10.6. The molecule has 0 aromatic heterocycles. The van der Waals surface area contributed by atoms with E-state index in [-0.39, 0.29) is 12.0 Å². The zero-order valence-electron chi connectivity index (χ0n) is 9.43. The van der Waals surface area contributed by atoms with Crippen molar-refractivity contribution in [2.75, 3.05) is 13.2 Å². The molecule has 1 saturated carbocycles. The number of carbonyl (C=O) groups is 1. The molecule has 0 radical (unpaired) electrons. The second kappa shape index (κ2) is 4.78. The van der Waals surface area contributed by atoms with Crippen LogP contribution in [0.2, 0.25) is 0 Å². The fraction of sp³-hybridized carbons (Fsp3) is 0.909. The van der Waals surface area contributed by atoms with Crippen molar-refractivity contribution in [2.24, 2.45) is 5.41 Å². The molecule has 1 N–H and O–H groups in total. The van der Waals surface area contributed by atoms with Crippen LogP contribution in [-0.2, 0) is 9.53 Å². The molecule has 1 fully saturated rings. The molecule has 0 amide bonds. The van der Waals surface area contributed by atoms with Crippen LogP contribution in [0.1, 0.15) is 40.0 Å². The Morgan fingerprint density at radius 1 is 1.57 bits per heavy atom. The number of rotatable bonds is 5. The summed E-state index contributed by atoms with van der Waals surface area (Å²) in [6, 6.07) is -0.174. The van der Waals surface area contributed by atoms with Crippen molar-refractivity contribution in [2.45, 2.75) is 46.1 Å². The Bertz CT molecular complexity index is 199. The normalized spacial score (nSPS) is 21.1. The van der Waals surface area contributed by atoms with Crippen molar-refractivity contribution in [3.05, 3.63) is 0 Å². The largest absolute Gasteiger partial charge is 0.465 e. The molecular formula is C11H21NO2. The topological polar surface area (TPSA) is 38.3 Å². The third kappa shape index (κ3) is 2.98. The fourth-order valence-corrected chi connectivity index (χ4v) is 1.71. The minimum absolute atomic E-state index is 0.143. The minimum atomic E-state index is -0.174. The SMILES string of the molecule is CCOC(=O)C(C)NCC1(C)CCC1. The Morgan fingerprint density at radius 2 is 2.21 bits per heavy atom. The zero-order valence-corrected chi connectivity index (χ0v) is 9.43. The molecule has 1 aliphatic carbocycles. The van der Waals surface area contributed by atoms with Crippen LogP contribution in [0.3, 0.4) is 0 Å². The predicted molar refractivity (Wildman–Crippen MR) is 56.1 cm³/mol. The van der Waals surface area contributed by atoms with Gasteiger partial charge >= 0.3 is 5.97 Å². The van der Waals surface area contributed by atoms with Crippen LogP contribution in [-0.4, -0.2) is 25.2 Å². The average molecular weight is 199 g/mol. The Morgan fingerprint density at radius 3 is 2.64 bits per heavy atom. The van der Waals surface area contributed by atoms with Gasteiger partial charge in [0.2, 0.25) is 0 Å². The Balaban J connectivity index is 2.20. The van der Waals surface area contributed by atoms with Gasteiger partial charge < -0.3 is 10.1 Å². The van der Waals surface area contributed by atoms with Gasteiger partial charge in [-0.15, -0.1) is 0 Å². The number of nitrogens with one attached hydrogen (secondary N) is 1. The molecule has 82 valence electrons. The third-order valence-electron chi connectivity index (χ3n) is 3.04. The molecule has 1 unspecified atom stereocenters. The van der Waals surface area contributed by atoms with Crippen LogP contribution >= 0.6 is 0 Å². The molecule has 1 aliphatic rings. The van der Waals surface area contributed by atoms with Crippen LogP contribution in [0, 0.1) is 5.41 Å². The van der Waals surface area contributed by atoms with Gasteiger partial charge in [-0.05, 0) is 32.1 Å². The molecule has 0 saturated heterocycles. The summed E-state index contributed by atoms with van der Waals surface area (Å²) in [5.41, 5.74) is 0.417. The Labute approximate surface area is 86.2 Å². The summed E-state index contributed by atoms with van der Waals surface area (Å²) in [5, 5.41) is 3.24. The molecule has 1 atom stereocenters. The number of hydrogen-bond donors (Lipinski definition) is 1. The molecular weight excluding hydrogens is 178 g/mol. The number of hydrogen-bond acceptors (Lipinski definition) is 3. The number of esters is 1. The van der Waals surface area contributed by atoms with Gasteiger partial charge in [0.15, 0.2) is 0 Å². The molecule has 3 heteroatoms. The van der Waals surface area contributed by atoms with E-state index in [1.807, 2.05) is 13.8 Å². The number of ether oxygens (including phenoxy) is 1. The molecule has 0 aromatic carbocycles. The lowest BCUT2D eigenvalue weighted by atomic mass is 9.70. The Kier molecular flexibility index (Phi) is 3.93. The van der Waals surface area contributed by atoms with Gasteiger partial charge in [0.05, 0.1) is 6.61 Å². The summed E-state index contributed by atoms with van der Waals surface area (Å²) < 4.78 is 4.92. The van der Waals surface area contributed by atoms with Crippen LogP contribution in [0.4, 0.5) is 0 Å². The van der Waals surface area contributed by atoms with Gasteiger partial charge in [0.25, 0.3) is 0 Å². The van der Waals surface area contributed by atoms with Crippen LogP contribution in [0.15, 0.2) is 0 Å². The van der Waals surface area contributed by atoms with Crippen molar-refractivity contribution >= 4 is 5.97 Å². The maximum Gasteiger partial charge on any atom is 0.322 e. The van der Waals surface area contributed by atoms with Gasteiger partial charge in [-0.25, -0.2) is 0 Å². The van der Waals surface area contributed by atoms with Crippen LogP contribution in [0.25, 0.3) is 0 Å². The number of carbonyl (C=O) groups excluding carboxylic acids is 1. The van der Waals surface area contributed by atoms with Crippen molar-refractivity contribution in [3.8, 4) is 0 Å². The molecule has 0 aliphatic heterocycles. The van der Waals surface area contributed by atoms with E-state index in [9.17, 15) is 4.79 Å². The maximum absolute atomic E-state index is 11.3. The van der Waals surface area contributed by atoms with E-state index in [4.69, 9.17) is 4.74 Å². The molecule has 0 heterocycles. The van der Waals surface area contributed by atoms with E-state index < -0.39 is 0 Å². The molecule has 1 rings (SSSR count). The van der Waals surface area contributed by atoms with Crippen molar-refractivity contribution in [1.82, 2.24) is 5.32 Å². The smallest absolute Gasteiger partial charge is 0.322 e. The minimum Gasteiger partial charge on any atom is -0.465 e. The predicted octanol–water partition coefficient (Wildman–Crippen LogP) is 1.72. The highest BCUT2D eigenvalue weighted by atomic mass is 16.5. The highest BCUT2D eigenvalue weighted by Crippen LogP contribution is 2.39. The highest BCUT2D eigenvalue weighted by molar-refractivity contribution is 5.75. The third-order valence-corrected chi connectivity index (χ3v) is 3.04. The summed E-state index contributed by atoms with van der Waals surface area (Å²) in [7, 11) is 0. The van der Waals surface area contributed by atoms with Crippen LogP contribution in [0.5, 0.6) is 0 Å². The molecule has 14 heavy (non-hydrogen) atoms. The van der Waals surface area contributed by atoms with Gasteiger partial charge in [0, 0.05) is 6.54 Å². The lowest BCUT2D eigenvalue weighted by molar-refractivity contribution is -0.145. The van der Waals surface area contributed by atoms with Gasteiger partial charge in [-0.3, -0.25) is 4.79 Å². The van der Waals surface area contributed by atoms with Crippen LogP contribution < -0.4 is 5.32 Å². The summed E-state index contributed by atoms with van der Waals surface area (Å²) in [5.74, 6) is -0.143. The fourth-order valence-electron chi connectivity index (χ4n) is 1.71. The van der Waals surface area contributed by atoms with Gasteiger partial charge in [-0.1, -0.05) is 13.3 Å². The van der Waals surface area contributed by atoms with E-state index in [2.05, 4.69) is 12.2 Å². The monoisotopic (exact) mass is 199 g/mol. The van der Waals surface area contributed by atoms with E-state index in [0.717, 1.165) is 6.54 Å². The first-order valence-corrected chi connectivity index (χ1v) is 5.47. The summed E-state index contributed by atoms with van der Waals surface area (Å²) in [6.45, 7) is 7.34. The first-order valence-electron chi connectivity index (χ1n) is 5.47. The summed E-state index contributed by atoms with van der Waals surface area (Å²) >= 11 is 0. The maximum atomic E-state index is 11.3. The lowest BCUT2D eigenvalue weighted by Crippen LogP contribution is -2.44. The van der Waals surface area contributed by atoms with E-state index >= 15 is 0 Å². The van der Waals surface area contributed by atoms with E-state index in [0.29, 0.717) is 12.0 Å². The molecule has 3 nitrogen and oxygen atoms in total. The Hall–Kier alpha value is -0.570.